The van der Waals surface area contributed by atoms with Gasteiger partial charge in [0.2, 0.25) is 0 Å². The van der Waals surface area contributed by atoms with Gasteiger partial charge in [0.15, 0.2) is 0 Å². The Hall–Kier alpha value is -0.980. The van der Waals surface area contributed by atoms with Crippen molar-refractivity contribution >= 4 is 6.08 Å². The van der Waals surface area contributed by atoms with Crippen LogP contribution >= 0.6 is 0 Å². The molecule has 1 aromatic heterocycles. The van der Waals surface area contributed by atoms with E-state index in [1.54, 1.807) is 0 Å². The molecule has 0 saturated carbocycles. The molecule has 0 aliphatic carbocycles. The molecule has 1 aromatic rings. The summed E-state index contributed by atoms with van der Waals surface area (Å²) in [5.74, 6) is 3.53. The second-order valence-corrected chi connectivity index (χ2v) is 5.92. The molecule has 1 nitrogen and oxygen atoms in total. The highest BCUT2D eigenvalue weighted by Crippen LogP contribution is 2.28. The van der Waals surface area contributed by atoms with E-state index in [0.29, 0.717) is 5.92 Å². The average molecular weight is 262 g/mol. The molecule has 2 atom stereocenters. The smallest absolute Gasteiger partial charge is 0.129 e. The highest BCUT2D eigenvalue weighted by molar-refractivity contribution is 5.47. The van der Waals surface area contributed by atoms with Crippen molar-refractivity contribution in [2.45, 2.75) is 72.6 Å². The van der Waals surface area contributed by atoms with Crippen molar-refractivity contribution in [2.24, 2.45) is 5.92 Å². The third-order valence-electron chi connectivity index (χ3n) is 3.92. The van der Waals surface area contributed by atoms with Gasteiger partial charge in [-0.2, -0.15) is 0 Å². The van der Waals surface area contributed by atoms with E-state index >= 15 is 0 Å². The molecule has 0 fully saturated rings. The fourth-order valence-corrected chi connectivity index (χ4v) is 2.45. The first-order chi connectivity index (χ1) is 9.08. The zero-order chi connectivity index (χ0) is 14.3. The molecule has 108 valence electrons. The Morgan fingerprint density at radius 2 is 1.95 bits per heavy atom. The first kappa shape index (κ1) is 16.1. The van der Waals surface area contributed by atoms with E-state index in [1.165, 1.54) is 37.7 Å². The molecular formula is C18H30O. The van der Waals surface area contributed by atoms with Gasteiger partial charge in [0, 0.05) is 5.92 Å². The minimum Gasteiger partial charge on any atom is -0.461 e. The van der Waals surface area contributed by atoms with Crippen LogP contribution in [0, 0.1) is 12.8 Å². The Morgan fingerprint density at radius 3 is 2.58 bits per heavy atom. The Balaban J connectivity index is 2.49. The zero-order valence-corrected chi connectivity index (χ0v) is 13.3. The van der Waals surface area contributed by atoms with Gasteiger partial charge in [0.05, 0.1) is 0 Å². The van der Waals surface area contributed by atoms with Crippen LogP contribution in [0.25, 0.3) is 6.08 Å². The van der Waals surface area contributed by atoms with Gasteiger partial charge in [0.1, 0.15) is 11.5 Å². The lowest BCUT2D eigenvalue weighted by molar-refractivity contribution is 0.402. The maximum Gasteiger partial charge on any atom is 0.129 e. The second-order valence-electron chi connectivity index (χ2n) is 5.92. The number of hydrogen-bond donors (Lipinski definition) is 0. The van der Waals surface area contributed by atoms with Gasteiger partial charge in [0.25, 0.3) is 0 Å². The first-order valence-corrected chi connectivity index (χ1v) is 7.81. The minimum atomic E-state index is 0.529. The molecule has 19 heavy (non-hydrogen) atoms. The summed E-state index contributed by atoms with van der Waals surface area (Å²) in [7, 11) is 0. The molecule has 1 rings (SSSR count). The Kier molecular flexibility index (Phi) is 6.97. The van der Waals surface area contributed by atoms with Crippen LogP contribution in [-0.4, -0.2) is 0 Å². The van der Waals surface area contributed by atoms with Crippen molar-refractivity contribution in [3.8, 4) is 0 Å². The molecule has 0 aliphatic heterocycles. The highest BCUT2D eigenvalue weighted by Gasteiger charge is 2.13. The van der Waals surface area contributed by atoms with E-state index in [0.717, 1.165) is 17.4 Å². The Bertz CT molecular complexity index is 386. The number of aryl methyl sites for hydroxylation is 1. The van der Waals surface area contributed by atoms with Crippen LogP contribution in [0.2, 0.25) is 0 Å². The zero-order valence-electron chi connectivity index (χ0n) is 13.3. The predicted octanol–water partition coefficient (Wildman–Crippen LogP) is 6.33. The molecular weight excluding hydrogens is 232 g/mol. The SMILES string of the molecule is C/C=C\c1oc([C@@H](C)CC[C@H](C)CCCC)cc1C. The Morgan fingerprint density at radius 1 is 1.21 bits per heavy atom. The molecule has 0 spiro atoms. The number of furan rings is 1. The lowest BCUT2D eigenvalue weighted by Gasteiger charge is -2.13. The molecule has 0 radical (unpaired) electrons. The van der Waals surface area contributed by atoms with Gasteiger partial charge in [-0.3, -0.25) is 0 Å². The summed E-state index contributed by atoms with van der Waals surface area (Å²) in [6, 6.07) is 2.21. The van der Waals surface area contributed by atoms with Gasteiger partial charge < -0.3 is 4.42 Å². The molecule has 0 N–H and O–H groups in total. The standard InChI is InChI=1S/C18H30O/c1-6-8-10-14(3)11-12-15(4)18-13-16(5)17(19-18)9-7-2/h7,9,13-15H,6,8,10-12H2,1-5H3/b9-7-/t14-,15+/m1/s1. The van der Waals surface area contributed by atoms with Gasteiger partial charge in [-0.15, -0.1) is 0 Å². The maximum absolute atomic E-state index is 5.94. The topological polar surface area (TPSA) is 13.1 Å². The van der Waals surface area contributed by atoms with E-state index in [-0.39, 0.29) is 0 Å². The predicted molar refractivity (Wildman–Crippen MR) is 84.5 cm³/mol. The number of allylic oxidation sites excluding steroid dienone is 1. The number of rotatable bonds is 8. The van der Waals surface area contributed by atoms with E-state index in [2.05, 4.69) is 39.8 Å². The summed E-state index contributed by atoms with van der Waals surface area (Å²) in [5.41, 5.74) is 1.25. The summed E-state index contributed by atoms with van der Waals surface area (Å²) in [4.78, 5) is 0. The van der Waals surface area contributed by atoms with Crippen LogP contribution in [0.3, 0.4) is 0 Å². The van der Waals surface area contributed by atoms with Crippen LogP contribution in [0.5, 0.6) is 0 Å². The van der Waals surface area contributed by atoms with Crippen molar-refractivity contribution in [1.82, 2.24) is 0 Å². The summed E-state index contributed by atoms with van der Waals surface area (Å²) in [6.07, 6.45) is 10.7. The monoisotopic (exact) mass is 262 g/mol. The number of hydrogen-bond acceptors (Lipinski definition) is 1. The first-order valence-electron chi connectivity index (χ1n) is 7.81. The Labute approximate surface area is 119 Å². The fourth-order valence-electron chi connectivity index (χ4n) is 2.45. The summed E-state index contributed by atoms with van der Waals surface area (Å²) in [5, 5.41) is 0. The average Bonchev–Trinajstić information content (AvgIpc) is 2.75. The van der Waals surface area contributed by atoms with Crippen molar-refractivity contribution in [3.05, 3.63) is 29.2 Å². The van der Waals surface area contributed by atoms with Crippen molar-refractivity contribution in [2.75, 3.05) is 0 Å². The summed E-state index contributed by atoms with van der Waals surface area (Å²) >= 11 is 0. The molecule has 0 amide bonds. The van der Waals surface area contributed by atoms with Crippen LogP contribution in [-0.2, 0) is 0 Å². The van der Waals surface area contributed by atoms with Crippen LogP contribution in [0.1, 0.15) is 82.8 Å². The van der Waals surface area contributed by atoms with Gasteiger partial charge in [-0.05, 0) is 43.9 Å². The van der Waals surface area contributed by atoms with Crippen molar-refractivity contribution in [3.63, 3.8) is 0 Å². The molecule has 0 aliphatic rings. The lowest BCUT2D eigenvalue weighted by atomic mass is 9.93. The normalized spacial score (nSPS) is 15.0. The van der Waals surface area contributed by atoms with Crippen LogP contribution < -0.4 is 0 Å². The largest absolute Gasteiger partial charge is 0.461 e. The van der Waals surface area contributed by atoms with E-state index in [9.17, 15) is 0 Å². The van der Waals surface area contributed by atoms with E-state index in [1.807, 2.05) is 13.0 Å². The third-order valence-corrected chi connectivity index (χ3v) is 3.92. The second kappa shape index (κ2) is 8.24. The van der Waals surface area contributed by atoms with E-state index in [4.69, 9.17) is 4.42 Å². The quantitative estimate of drug-likeness (QED) is 0.533. The van der Waals surface area contributed by atoms with Gasteiger partial charge >= 0.3 is 0 Å². The van der Waals surface area contributed by atoms with Gasteiger partial charge in [-0.25, -0.2) is 0 Å². The lowest BCUT2D eigenvalue weighted by Crippen LogP contribution is -1.99. The molecule has 0 saturated heterocycles. The van der Waals surface area contributed by atoms with Crippen LogP contribution in [0.4, 0.5) is 0 Å². The van der Waals surface area contributed by atoms with Crippen molar-refractivity contribution in [1.29, 1.82) is 0 Å². The molecule has 1 heterocycles. The molecule has 0 aromatic carbocycles. The summed E-state index contributed by atoms with van der Waals surface area (Å²) < 4.78 is 5.94. The summed E-state index contributed by atoms with van der Waals surface area (Å²) in [6.45, 7) is 11.1. The fraction of sp³-hybridized carbons (Fsp3) is 0.667. The van der Waals surface area contributed by atoms with Gasteiger partial charge in [-0.1, -0.05) is 52.5 Å². The molecule has 0 unspecified atom stereocenters. The maximum atomic E-state index is 5.94. The van der Waals surface area contributed by atoms with Crippen molar-refractivity contribution < 1.29 is 4.42 Å². The minimum absolute atomic E-state index is 0.529. The highest BCUT2D eigenvalue weighted by atomic mass is 16.3. The molecule has 1 heteroatoms. The third kappa shape index (κ3) is 5.26. The number of unbranched alkanes of at least 4 members (excludes halogenated alkanes) is 1. The van der Waals surface area contributed by atoms with Crippen LogP contribution in [0.15, 0.2) is 16.6 Å². The van der Waals surface area contributed by atoms with E-state index < -0.39 is 0 Å². The molecule has 0 bridgehead atoms.